The van der Waals surface area contributed by atoms with Crippen LogP contribution in [-0.2, 0) is 4.79 Å². The number of ether oxygens (including phenoxy) is 1. The minimum Gasteiger partial charge on any atom is -0.416 e. The van der Waals surface area contributed by atoms with E-state index in [0.717, 1.165) is 10.1 Å². The Morgan fingerprint density at radius 3 is 3.15 bits per heavy atom. The number of pyridine rings is 1. The Hall–Kier alpha value is -1.42. The maximum atomic E-state index is 10.7. The van der Waals surface area contributed by atoms with Crippen LogP contribution in [0.2, 0.25) is 0 Å². The van der Waals surface area contributed by atoms with E-state index in [2.05, 4.69) is 4.98 Å². The molecular formula is C9H7NO2S. The number of hydrogen-bond acceptors (Lipinski definition) is 4. The van der Waals surface area contributed by atoms with Crippen LogP contribution in [0, 0.1) is 0 Å². The van der Waals surface area contributed by atoms with Gasteiger partial charge in [0.15, 0.2) is 5.06 Å². The maximum absolute atomic E-state index is 10.7. The number of carbonyl (C=O) groups is 1. The first-order chi connectivity index (χ1) is 6.25. The minimum absolute atomic E-state index is 0.292. The molecule has 0 aromatic carbocycles. The van der Waals surface area contributed by atoms with Gasteiger partial charge in [-0.1, -0.05) is 11.3 Å². The molecule has 0 atom stereocenters. The van der Waals surface area contributed by atoms with Crippen molar-refractivity contribution in [2.75, 3.05) is 0 Å². The lowest BCUT2D eigenvalue weighted by atomic mass is 10.3. The fourth-order valence-corrected chi connectivity index (χ4v) is 1.97. The van der Waals surface area contributed by atoms with Crippen LogP contribution in [0.25, 0.3) is 10.1 Å². The lowest BCUT2D eigenvalue weighted by Gasteiger charge is -1.92. The van der Waals surface area contributed by atoms with Crippen molar-refractivity contribution < 1.29 is 9.53 Å². The number of hydrogen-bond donors (Lipinski definition) is 0. The quantitative estimate of drug-likeness (QED) is 0.652. The predicted molar refractivity (Wildman–Crippen MR) is 50.9 cm³/mol. The topological polar surface area (TPSA) is 39.2 Å². The Morgan fingerprint density at radius 1 is 1.62 bits per heavy atom. The number of esters is 1. The third-order valence-corrected chi connectivity index (χ3v) is 2.53. The van der Waals surface area contributed by atoms with E-state index in [0.29, 0.717) is 5.06 Å². The van der Waals surface area contributed by atoms with Crippen LogP contribution in [0.3, 0.4) is 0 Å². The van der Waals surface area contributed by atoms with Crippen molar-refractivity contribution in [2.24, 2.45) is 0 Å². The molecule has 66 valence electrons. The van der Waals surface area contributed by atoms with Crippen LogP contribution in [0.15, 0.2) is 24.5 Å². The molecule has 0 radical (unpaired) electrons. The minimum atomic E-state index is -0.292. The summed E-state index contributed by atoms with van der Waals surface area (Å²) in [6.07, 6.45) is 3.47. The number of fused-ring (bicyclic) bond motifs is 1. The highest BCUT2D eigenvalue weighted by atomic mass is 32.1. The van der Waals surface area contributed by atoms with Crippen molar-refractivity contribution in [1.82, 2.24) is 4.98 Å². The molecule has 0 N–H and O–H groups in total. The molecule has 0 amide bonds. The lowest BCUT2D eigenvalue weighted by molar-refractivity contribution is -0.131. The number of thiophene rings is 1. The van der Waals surface area contributed by atoms with E-state index in [-0.39, 0.29) is 5.97 Å². The fraction of sp³-hybridized carbons (Fsp3) is 0.111. The molecule has 0 aliphatic heterocycles. The predicted octanol–water partition coefficient (Wildman–Crippen LogP) is 2.22. The normalized spacial score (nSPS) is 10.2. The van der Waals surface area contributed by atoms with Crippen LogP contribution >= 0.6 is 11.3 Å². The van der Waals surface area contributed by atoms with Crippen LogP contribution in [0.1, 0.15) is 6.92 Å². The molecule has 0 aliphatic carbocycles. The Kier molecular flexibility index (Phi) is 1.98. The molecule has 2 heterocycles. The van der Waals surface area contributed by atoms with Crippen molar-refractivity contribution in [3.8, 4) is 5.06 Å². The monoisotopic (exact) mass is 193 g/mol. The van der Waals surface area contributed by atoms with Crippen LogP contribution in [0.4, 0.5) is 0 Å². The smallest absolute Gasteiger partial charge is 0.308 e. The van der Waals surface area contributed by atoms with Gasteiger partial charge in [0.05, 0.1) is 0 Å². The number of carbonyl (C=O) groups excluding carboxylic acids is 1. The van der Waals surface area contributed by atoms with Gasteiger partial charge in [-0.2, -0.15) is 0 Å². The second-order valence-corrected chi connectivity index (χ2v) is 3.62. The van der Waals surface area contributed by atoms with Crippen molar-refractivity contribution in [2.45, 2.75) is 6.92 Å². The molecule has 0 aliphatic rings. The third-order valence-electron chi connectivity index (χ3n) is 1.54. The molecule has 0 fully saturated rings. The second kappa shape index (κ2) is 3.14. The summed E-state index contributed by atoms with van der Waals surface area (Å²) in [5.74, 6) is -0.292. The summed E-state index contributed by atoms with van der Waals surface area (Å²) < 4.78 is 6.03. The highest BCUT2D eigenvalue weighted by Gasteiger charge is 2.03. The average Bonchev–Trinajstić information content (AvgIpc) is 2.44. The van der Waals surface area contributed by atoms with Gasteiger partial charge in [-0.05, 0) is 6.07 Å². The van der Waals surface area contributed by atoms with Gasteiger partial charge >= 0.3 is 5.97 Å². The van der Waals surface area contributed by atoms with Gasteiger partial charge in [-0.25, -0.2) is 0 Å². The van der Waals surface area contributed by atoms with E-state index in [9.17, 15) is 4.79 Å². The Labute approximate surface area is 79.0 Å². The van der Waals surface area contributed by atoms with E-state index in [1.165, 1.54) is 18.3 Å². The average molecular weight is 193 g/mol. The molecular weight excluding hydrogens is 186 g/mol. The number of nitrogens with zero attached hydrogens (tertiary/aromatic N) is 1. The third kappa shape index (κ3) is 1.67. The fourth-order valence-electron chi connectivity index (χ4n) is 1.05. The second-order valence-electron chi connectivity index (χ2n) is 2.57. The molecule has 0 saturated carbocycles. The Balaban J connectivity index is 2.44. The molecule has 2 aromatic rings. The molecule has 4 heteroatoms. The first kappa shape index (κ1) is 8.19. The standard InChI is InChI=1S/C9H7NO2S/c1-6(11)12-9-4-7-5-10-3-2-8(7)13-9/h2-5H,1H3. The Bertz CT molecular complexity index is 417. The van der Waals surface area contributed by atoms with Gasteiger partial charge in [-0.15, -0.1) is 0 Å². The Morgan fingerprint density at radius 2 is 2.46 bits per heavy atom. The summed E-state index contributed by atoms with van der Waals surface area (Å²) in [6, 6.07) is 3.71. The first-order valence-electron chi connectivity index (χ1n) is 3.78. The molecule has 13 heavy (non-hydrogen) atoms. The number of rotatable bonds is 1. The van der Waals surface area contributed by atoms with Crippen molar-refractivity contribution in [1.29, 1.82) is 0 Å². The van der Waals surface area contributed by atoms with Gasteiger partial charge in [0.2, 0.25) is 0 Å². The lowest BCUT2D eigenvalue weighted by Crippen LogP contribution is -1.98. The molecule has 2 rings (SSSR count). The van der Waals surface area contributed by atoms with Crippen molar-refractivity contribution in [3.05, 3.63) is 24.5 Å². The molecule has 0 unspecified atom stereocenters. The molecule has 0 saturated heterocycles. The van der Waals surface area contributed by atoms with Gasteiger partial charge in [0, 0.05) is 35.5 Å². The summed E-state index contributed by atoms with van der Waals surface area (Å²) in [4.78, 5) is 14.6. The highest BCUT2D eigenvalue weighted by Crippen LogP contribution is 2.30. The molecule has 0 bridgehead atoms. The summed E-state index contributed by atoms with van der Waals surface area (Å²) in [6.45, 7) is 1.39. The summed E-state index contributed by atoms with van der Waals surface area (Å²) >= 11 is 1.44. The van der Waals surface area contributed by atoms with Crippen LogP contribution < -0.4 is 4.74 Å². The largest absolute Gasteiger partial charge is 0.416 e. The maximum Gasteiger partial charge on any atom is 0.308 e. The van der Waals surface area contributed by atoms with E-state index >= 15 is 0 Å². The number of aromatic nitrogens is 1. The summed E-state index contributed by atoms with van der Waals surface area (Å²) in [5, 5.41) is 1.62. The van der Waals surface area contributed by atoms with E-state index in [1.807, 2.05) is 12.1 Å². The van der Waals surface area contributed by atoms with Gasteiger partial charge in [0.25, 0.3) is 0 Å². The van der Waals surface area contributed by atoms with E-state index < -0.39 is 0 Å². The highest BCUT2D eigenvalue weighted by molar-refractivity contribution is 7.20. The molecule has 2 aromatic heterocycles. The van der Waals surface area contributed by atoms with Crippen LogP contribution in [0.5, 0.6) is 5.06 Å². The van der Waals surface area contributed by atoms with Gasteiger partial charge in [0.1, 0.15) is 0 Å². The zero-order chi connectivity index (χ0) is 9.26. The van der Waals surface area contributed by atoms with Gasteiger partial charge < -0.3 is 4.74 Å². The van der Waals surface area contributed by atoms with Crippen LogP contribution in [-0.4, -0.2) is 11.0 Å². The van der Waals surface area contributed by atoms with E-state index in [4.69, 9.17) is 4.74 Å². The van der Waals surface area contributed by atoms with E-state index in [1.54, 1.807) is 12.4 Å². The zero-order valence-electron chi connectivity index (χ0n) is 6.98. The summed E-state index contributed by atoms with van der Waals surface area (Å²) in [7, 11) is 0. The summed E-state index contributed by atoms with van der Waals surface area (Å²) in [5.41, 5.74) is 0. The van der Waals surface area contributed by atoms with Crippen molar-refractivity contribution >= 4 is 27.4 Å². The molecule has 0 spiro atoms. The van der Waals surface area contributed by atoms with Crippen molar-refractivity contribution in [3.63, 3.8) is 0 Å². The van der Waals surface area contributed by atoms with Gasteiger partial charge in [-0.3, -0.25) is 9.78 Å². The SMILES string of the molecule is CC(=O)Oc1cc2cnccc2s1. The molecule has 3 nitrogen and oxygen atoms in total. The first-order valence-corrected chi connectivity index (χ1v) is 4.59. The zero-order valence-corrected chi connectivity index (χ0v) is 7.80.